The third-order valence-corrected chi connectivity index (χ3v) is 4.37. The highest BCUT2D eigenvalue weighted by Crippen LogP contribution is 2.14. The summed E-state index contributed by atoms with van der Waals surface area (Å²) in [5, 5.41) is 2.96. The molecule has 1 heterocycles. The summed E-state index contributed by atoms with van der Waals surface area (Å²) in [4.78, 5) is 15.7. The average molecular weight is 328 g/mol. The van der Waals surface area contributed by atoms with Gasteiger partial charge < -0.3 is 15.1 Å². The first-order valence-electron chi connectivity index (χ1n) is 8.31. The number of nitrogens with zero attached hydrogens (tertiary/aromatic N) is 1. The number of aryl methyl sites for hydroxylation is 1. The summed E-state index contributed by atoms with van der Waals surface area (Å²) in [5.74, 6) is -0.165. The lowest BCUT2D eigenvalue weighted by atomic mass is 10.2. The molecular formula is C19H23FN3O+. The number of anilines is 2. The lowest BCUT2D eigenvalue weighted by molar-refractivity contribution is -0.892. The van der Waals surface area contributed by atoms with Crippen molar-refractivity contribution in [3.05, 3.63) is 59.9 Å². The number of carbonyl (C=O) groups is 1. The van der Waals surface area contributed by atoms with Crippen LogP contribution in [0.1, 0.15) is 5.56 Å². The summed E-state index contributed by atoms with van der Waals surface area (Å²) in [6.45, 7) is 6.04. The Labute approximate surface area is 141 Å². The van der Waals surface area contributed by atoms with E-state index in [2.05, 4.69) is 10.2 Å². The van der Waals surface area contributed by atoms with E-state index >= 15 is 0 Å². The number of nitrogens with one attached hydrogen (secondary N) is 2. The fraction of sp³-hybridized carbons (Fsp3) is 0.316. The number of quaternary nitrogens is 1. The van der Waals surface area contributed by atoms with Crippen molar-refractivity contribution in [3.63, 3.8) is 0 Å². The molecule has 0 bridgehead atoms. The monoisotopic (exact) mass is 328 g/mol. The Kier molecular flexibility index (Phi) is 5.11. The largest absolute Gasteiger partial charge is 0.360 e. The molecule has 0 spiro atoms. The number of hydrogen-bond donors (Lipinski definition) is 2. The van der Waals surface area contributed by atoms with Crippen LogP contribution < -0.4 is 15.1 Å². The van der Waals surface area contributed by atoms with Gasteiger partial charge in [-0.15, -0.1) is 0 Å². The molecule has 24 heavy (non-hydrogen) atoms. The molecule has 5 heteroatoms. The van der Waals surface area contributed by atoms with Crippen molar-refractivity contribution in [2.45, 2.75) is 6.92 Å². The Hall–Kier alpha value is -2.40. The van der Waals surface area contributed by atoms with Crippen molar-refractivity contribution in [3.8, 4) is 0 Å². The summed E-state index contributed by atoms with van der Waals surface area (Å²) in [7, 11) is 0. The summed E-state index contributed by atoms with van der Waals surface area (Å²) < 4.78 is 13.0. The zero-order valence-electron chi connectivity index (χ0n) is 13.9. The fourth-order valence-corrected chi connectivity index (χ4v) is 3.06. The summed E-state index contributed by atoms with van der Waals surface area (Å²) in [5.41, 5.74) is 3.03. The molecule has 0 unspecified atom stereocenters. The molecule has 1 amide bonds. The second-order valence-electron chi connectivity index (χ2n) is 6.31. The molecule has 126 valence electrons. The van der Waals surface area contributed by atoms with Crippen LogP contribution in [0.4, 0.5) is 15.8 Å². The zero-order valence-corrected chi connectivity index (χ0v) is 13.9. The van der Waals surface area contributed by atoms with Crippen LogP contribution in [-0.4, -0.2) is 38.6 Å². The van der Waals surface area contributed by atoms with Crippen molar-refractivity contribution in [2.75, 3.05) is 42.9 Å². The first-order chi connectivity index (χ1) is 11.6. The predicted octanol–water partition coefficient (Wildman–Crippen LogP) is 1.48. The average Bonchev–Trinajstić information content (AvgIpc) is 2.56. The van der Waals surface area contributed by atoms with Crippen LogP contribution in [0.25, 0.3) is 0 Å². The standard InChI is InChI=1S/C19H22FN3O/c1-15-3-2-4-17(13-15)21-19(24)14-22-9-11-23(12-10-22)18-7-5-16(20)6-8-18/h2-8,13H,9-12,14H2,1H3,(H,21,24)/p+1. The first kappa shape index (κ1) is 16.5. The minimum atomic E-state index is -0.212. The van der Waals surface area contributed by atoms with Gasteiger partial charge in [-0.25, -0.2) is 4.39 Å². The van der Waals surface area contributed by atoms with Gasteiger partial charge in [-0.05, 0) is 48.9 Å². The molecule has 0 aliphatic carbocycles. The van der Waals surface area contributed by atoms with Crippen LogP contribution in [-0.2, 0) is 4.79 Å². The van der Waals surface area contributed by atoms with E-state index in [1.807, 2.05) is 43.3 Å². The van der Waals surface area contributed by atoms with Gasteiger partial charge >= 0.3 is 0 Å². The highest BCUT2D eigenvalue weighted by Gasteiger charge is 2.22. The zero-order chi connectivity index (χ0) is 16.9. The number of halogens is 1. The van der Waals surface area contributed by atoms with Gasteiger partial charge in [0.15, 0.2) is 6.54 Å². The van der Waals surface area contributed by atoms with Gasteiger partial charge in [0, 0.05) is 11.4 Å². The highest BCUT2D eigenvalue weighted by molar-refractivity contribution is 5.91. The molecule has 1 aliphatic heterocycles. The van der Waals surface area contributed by atoms with Gasteiger partial charge in [-0.3, -0.25) is 4.79 Å². The minimum absolute atomic E-state index is 0.0471. The van der Waals surface area contributed by atoms with E-state index in [0.29, 0.717) is 6.54 Å². The van der Waals surface area contributed by atoms with Crippen LogP contribution in [0.5, 0.6) is 0 Å². The Morgan fingerprint density at radius 1 is 1.17 bits per heavy atom. The number of piperazine rings is 1. The summed E-state index contributed by atoms with van der Waals surface area (Å²) >= 11 is 0. The van der Waals surface area contributed by atoms with Crippen LogP contribution >= 0.6 is 0 Å². The Morgan fingerprint density at radius 2 is 1.88 bits per heavy atom. The molecule has 4 nitrogen and oxygen atoms in total. The smallest absolute Gasteiger partial charge is 0.279 e. The molecule has 2 aromatic carbocycles. The topological polar surface area (TPSA) is 36.8 Å². The van der Waals surface area contributed by atoms with Gasteiger partial charge in [-0.1, -0.05) is 12.1 Å². The van der Waals surface area contributed by atoms with E-state index in [0.717, 1.165) is 43.1 Å². The molecule has 1 fully saturated rings. The van der Waals surface area contributed by atoms with E-state index < -0.39 is 0 Å². The molecular weight excluding hydrogens is 305 g/mol. The number of benzene rings is 2. The summed E-state index contributed by atoms with van der Waals surface area (Å²) in [6, 6.07) is 14.4. The molecule has 0 aromatic heterocycles. The quantitative estimate of drug-likeness (QED) is 0.892. The lowest BCUT2D eigenvalue weighted by Crippen LogP contribution is -3.15. The number of rotatable bonds is 4. The molecule has 0 atom stereocenters. The van der Waals surface area contributed by atoms with Crippen molar-refractivity contribution in [1.29, 1.82) is 0 Å². The van der Waals surface area contributed by atoms with E-state index in [4.69, 9.17) is 0 Å². The fourth-order valence-electron chi connectivity index (χ4n) is 3.06. The summed E-state index contributed by atoms with van der Waals surface area (Å²) in [6.07, 6.45) is 0. The first-order valence-corrected chi connectivity index (χ1v) is 8.31. The van der Waals surface area contributed by atoms with E-state index in [9.17, 15) is 9.18 Å². The molecule has 2 N–H and O–H groups in total. The van der Waals surface area contributed by atoms with Crippen molar-refractivity contribution < 1.29 is 14.1 Å². The highest BCUT2D eigenvalue weighted by atomic mass is 19.1. The van der Waals surface area contributed by atoms with Gasteiger partial charge in [0.25, 0.3) is 5.91 Å². The van der Waals surface area contributed by atoms with Crippen molar-refractivity contribution in [2.24, 2.45) is 0 Å². The van der Waals surface area contributed by atoms with E-state index in [1.54, 1.807) is 0 Å². The van der Waals surface area contributed by atoms with Crippen LogP contribution in [0.15, 0.2) is 48.5 Å². The maximum Gasteiger partial charge on any atom is 0.279 e. The second kappa shape index (κ2) is 7.45. The molecule has 3 rings (SSSR count). The van der Waals surface area contributed by atoms with Gasteiger partial charge in [0.1, 0.15) is 5.82 Å². The normalized spacial score (nSPS) is 15.3. The number of hydrogen-bond acceptors (Lipinski definition) is 2. The van der Waals surface area contributed by atoms with Gasteiger partial charge in [0.05, 0.1) is 26.2 Å². The van der Waals surface area contributed by atoms with Crippen molar-refractivity contribution in [1.82, 2.24) is 0 Å². The maximum absolute atomic E-state index is 13.0. The Balaban J connectivity index is 1.48. The third-order valence-electron chi connectivity index (χ3n) is 4.37. The SMILES string of the molecule is Cc1cccc(NC(=O)C[NH+]2CCN(c3ccc(F)cc3)CC2)c1. The minimum Gasteiger partial charge on any atom is -0.360 e. The van der Waals surface area contributed by atoms with E-state index in [-0.39, 0.29) is 11.7 Å². The molecule has 1 aliphatic rings. The Morgan fingerprint density at radius 3 is 2.54 bits per heavy atom. The Bertz CT molecular complexity index is 694. The lowest BCUT2D eigenvalue weighted by Gasteiger charge is -2.33. The molecule has 0 radical (unpaired) electrons. The second-order valence-corrected chi connectivity index (χ2v) is 6.31. The van der Waals surface area contributed by atoms with Crippen LogP contribution in [0.2, 0.25) is 0 Å². The number of amides is 1. The molecule has 0 saturated carbocycles. The predicted molar refractivity (Wildman–Crippen MR) is 94.0 cm³/mol. The number of carbonyl (C=O) groups excluding carboxylic acids is 1. The third kappa shape index (κ3) is 4.32. The van der Waals surface area contributed by atoms with Crippen LogP contribution in [0.3, 0.4) is 0 Å². The van der Waals surface area contributed by atoms with E-state index in [1.165, 1.54) is 17.0 Å². The molecule has 2 aromatic rings. The van der Waals surface area contributed by atoms with Gasteiger partial charge in [-0.2, -0.15) is 0 Å². The maximum atomic E-state index is 13.0. The van der Waals surface area contributed by atoms with Gasteiger partial charge in [0.2, 0.25) is 0 Å². The molecule has 1 saturated heterocycles. The van der Waals surface area contributed by atoms with Crippen LogP contribution in [0, 0.1) is 12.7 Å². The van der Waals surface area contributed by atoms with Crippen molar-refractivity contribution >= 4 is 17.3 Å².